The zero-order valence-electron chi connectivity index (χ0n) is 15.7. The molecule has 0 radical (unpaired) electrons. The van der Waals surface area contributed by atoms with Gasteiger partial charge in [-0.05, 0) is 52.8 Å². The molecule has 1 N–H and O–H groups in total. The van der Waals surface area contributed by atoms with Gasteiger partial charge >= 0.3 is 0 Å². The van der Waals surface area contributed by atoms with Crippen LogP contribution in [0.15, 0.2) is 29.4 Å². The Labute approximate surface area is 159 Å². The van der Waals surface area contributed by atoms with Crippen molar-refractivity contribution in [1.29, 1.82) is 0 Å². The second kappa shape index (κ2) is 8.66. The molecule has 0 bridgehead atoms. The van der Waals surface area contributed by atoms with E-state index in [4.69, 9.17) is 0 Å². The van der Waals surface area contributed by atoms with E-state index in [1.807, 2.05) is 12.1 Å². The van der Waals surface area contributed by atoms with Gasteiger partial charge in [0.05, 0.1) is 11.4 Å². The number of nitrogens with zero attached hydrogens (tertiary/aromatic N) is 4. The van der Waals surface area contributed by atoms with Crippen LogP contribution >= 0.6 is 11.8 Å². The molecule has 2 atom stereocenters. The molecule has 26 heavy (non-hydrogen) atoms. The summed E-state index contributed by atoms with van der Waals surface area (Å²) in [6.45, 7) is 6.55. The zero-order chi connectivity index (χ0) is 18.5. The number of amides is 1. The number of aromatic nitrogens is 4. The Balaban J connectivity index is 1.59. The smallest absolute Gasteiger partial charge is 0.230 e. The van der Waals surface area contributed by atoms with Gasteiger partial charge in [-0.1, -0.05) is 57.5 Å². The summed E-state index contributed by atoms with van der Waals surface area (Å²) in [6.07, 6.45) is 4.75. The van der Waals surface area contributed by atoms with Crippen molar-refractivity contribution in [2.45, 2.75) is 63.6 Å². The minimum Gasteiger partial charge on any atom is -0.352 e. The minimum atomic E-state index is 0.0541. The van der Waals surface area contributed by atoms with E-state index in [9.17, 15) is 4.79 Å². The van der Waals surface area contributed by atoms with Crippen molar-refractivity contribution in [3.63, 3.8) is 0 Å². The third-order valence-corrected chi connectivity index (χ3v) is 5.95. The van der Waals surface area contributed by atoms with Gasteiger partial charge in [-0.3, -0.25) is 4.79 Å². The predicted octanol–water partition coefficient (Wildman–Crippen LogP) is 3.57. The summed E-state index contributed by atoms with van der Waals surface area (Å²) in [7, 11) is 0. The molecule has 140 valence electrons. The molecule has 0 saturated heterocycles. The van der Waals surface area contributed by atoms with Gasteiger partial charge in [0, 0.05) is 6.04 Å². The highest BCUT2D eigenvalue weighted by atomic mass is 32.2. The normalized spacial score (nSPS) is 20.3. The van der Waals surface area contributed by atoms with Crippen molar-refractivity contribution in [1.82, 2.24) is 25.5 Å². The number of nitrogens with one attached hydrogen (secondary N) is 1. The Hall–Kier alpha value is -1.89. The fourth-order valence-corrected chi connectivity index (χ4v) is 4.04. The average Bonchev–Trinajstić information content (AvgIpc) is 3.10. The molecule has 3 rings (SSSR count). The van der Waals surface area contributed by atoms with E-state index in [0.29, 0.717) is 28.8 Å². The summed E-state index contributed by atoms with van der Waals surface area (Å²) in [4.78, 5) is 12.3. The van der Waals surface area contributed by atoms with Crippen LogP contribution in [0.25, 0.3) is 5.69 Å². The van der Waals surface area contributed by atoms with E-state index in [2.05, 4.69) is 53.7 Å². The van der Waals surface area contributed by atoms with Crippen LogP contribution in [0.3, 0.4) is 0 Å². The van der Waals surface area contributed by atoms with Crippen LogP contribution in [-0.4, -0.2) is 37.9 Å². The summed E-state index contributed by atoms with van der Waals surface area (Å²) < 4.78 is 1.69. The number of carbonyl (C=O) groups is 1. The lowest BCUT2D eigenvalue weighted by Gasteiger charge is -2.29. The van der Waals surface area contributed by atoms with Gasteiger partial charge in [0.25, 0.3) is 0 Å². The van der Waals surface area contributed by atoms with Gasteiger partial charge in [-0.2, -0.15) is 4.68 Å². The molecule has 7 heteroatoms. The highest BCUT2D eigenvalue weighted by Gasteiger charge is 2.23. The van der Waals surface area contributed by atoms with E-state index in [-0.39, 0.29) is 5.91 Å². The Kier molecular flexibility index (Phi) is 6.29. The van der Waals surface area contributed by atoms with Crippen molar-refractivity contribution in [3.8, 4) is 5.69 Å². The maximum Gasteiger partial charge on any atom is 0.230 e. The Morgan fingerprint density at radius 1 is 1.27 bits per heavy atom. The van der Waals surface area contributed by atoms with Crippen LogP contribution in [0.4, 0.5) is 0 Å². The largest absolute Gasteiger partial charge is 0.352 e. The number of carbonyl (C=O) groups excluding carboxylic acids is 1. The standard InChI is InChI=1S/C19H27N5OS/c1-13(2)15-8-10-16(11-9-15)24-19(21-22-23-24)26-12-18(25)20-17-7-5-4-6-14(17)3/h8-11,13-14,17H,4-7,12H2,1-3H3,(H,20,25)/t14-,17+/m1/s1. The lowest BCUT2D eigenvalue weighted by atomic mass is 9.86. The van der Waals surface area contributed by atoms with Gasteiger partial charge < -0.3 is 5.32 Å². The molecule has 1 aromatic heterocycles. The van der Waals surface area contributed by atoms with E-state index >= 15 is 0 Å². The molecule has 0 spiro atoms. The van der Waals surface area contributed by atoms with Crippen molar-refractivity contribution in [2.24, 2.45) is 5.92 Å². The number of hydrogen-bond acceptors (Lipinski definition) is 5. The topological polar surface area (TPSA) is 72.7 Å². The van der Waals surface area contributed by atoms with Crippen LogP contribution in [0, 0.1) is 5.92 Å². The molecular weight excluding hydrogens is 346 g/mol. The van der Waals surface area contributed by atoms with Crippen LogP contribution in [-0.2, 0) is 4.79 Å². The Bertz CT molecular complexity index is 728. The third kappa shape index (κ3) is 4.63. The molecule has 0 aliphatic heterocycles. The molecule has 1 aromatic carbocycles. The molecule has 1 amide bonds. The van der Waals surface area contributed by atoms with E-state index in [0.717, 1.165) is 12.1 Å². The highest BCUT2D eigenvalue weighted by molar-refractivity contribution is 7.99. The summed E-state index contributed by atoms with van der Waals surface area (Å²) in [6, 6.07) is 8.51. The lowest BCUT2D eigenvalue weighted by Crippen LogP contribution is -2.41. The summed E-state index contributed by atoms with van der Waals surface area (Å²) >= 11 is 1.37. The van der Waals surface area contributed by atoms with Crippen LogP contribution in [0.1, 0.15) is 57.9 Å². The first kappa shape index (κ1) is 18.9. The highest BCUT2D eigenvalue weighted by Crippen LogP contribution is 2.24. The Morgan fingerprint density at radius 3 is 2.69 bits per heavy atom. The van der Waals surface area contributed by atoms with Gasteiger partial charge in [-0.15, -0.1) is 5.10 Å². The average molecular weight is 374 g/mol. The monoisotopic (exact) mass is 373 g/mol. The van der Waals surface area contributed by atoms with Gasteiger partial charge in [-0.25, -0.2) is 0 Å². The third-order valence-electron chi connectivity index (χ3n) is 5.04. The second-order valence-electron chi connectivity index (χ2n) is 7.34. The molecule has 1 saturated carbocycles. The maximum atomic E-state index is 12.3. The molecule has 0 unspecified atom stereocenters. The van der Waals surface area contributed by atoms with Gasteiger partial charge in [0.15, 0.2) is 0 Å². The lowest BCUT2D eigenvalue weighted by molar-refractivity contribution is -0.119. The van der Waals surface area contributed by atoms with E-state index in [1.54, 1.807) is 4.68 Å². The van der Waals surface area contributed by atoms with Gasteiger partial charge in [0.2, 0.25) is 11.1 Å². The number of benzene rings is 1. The molecule has 1 aliphatic carbocycles. The molecule has 1 fully saturated rings. The van der Waals surface area contributed by atoms with Crippen LogP contribution in [0.5, 0.6) is 0 Å². The first-order valence-electron chi connectivity index (χ1n) is 9.35. The van der Waals surface area contributed by atoms with E-state index in [1.165, 1.54) is 36.6 Å². The van der Waals surface area contributed by atoms with E-state index < -0.39 is 0 Å². The fraction of sp³-hybridized carbons (Fsp3) is 0.579. The number of hydrogen-bond donors (Lipinski definition) is 1. The molecule has 6 nitrogen and oxygen atoms in total. The van der Waals surface area contributed by atoms with Crippen molar-refractivity contribution < 1.29 is 4.79 Å². The summed E-state index contributed by atoms with van der Waals surface area (Å²) in [5, 5.41) is 15.7. The van der Waals surface area contributed by atoms with Crippen LogP contribution in [0.2, 0.25) is 0 Å². The number of tetrazole rings is 1. The first-order chi connectivity index (χ1) is 12.5. The van der Waals surface area contributed by atoms with Gasteiger partial charge in [0.1, 0.15) is 0 Å². The van der Waals surface area contributed by atoms with Crippen molar-refractivity contribution in [2.75, 3.05) is 5.75 Å². The number of thioether (sulfide) groups is 1. The molecular formula is C19H27N5OS. The number of rotatable bonds is 6. The summed E-state index contributed by atoms with van der Waals surface area (Å²) in [5.41, 5.74) is 2.18. The summed E-state index contributed by atoms with van der Waals surface area (Å²) in [5.74, 6) is 1.42. The molecule has 1 aliphatic rings. The van der Waals surface area contributed by atoms with Crippen molar-refractivity contribution >= 4 is 17.7 Å². The molecule has 1 heterocycles. The SMILES string of the molecule is CC(C)c1ccc(-n2nnnc2SCC(=O)N[C@H]2CCCC[C@H]2C)cc1. The maximum absolute atomic E-state index is 12.3. The second-order valence-corrected chi connectivity index (χ2v) is 8.29. The fourth-order valence-electron chi connectivity index (χ4n) is 3.34. The molecule has 2 aromatic rings. The Morgan fingerprint density at radius 2 is 2.00 bits per heavy atom. The quantitative estimate of drug-likeness (QED) is 0.784. The minimum absolute atomic E-state index is 0.0541. The predicted molar refractivity (Wildman–Crippen MR) is 104 cm³/mol. The van der Waals surface area contributed by atoms with Crippen LogP contribution < -0.4 is 5.32 Å². The first-order valence-corrected chi connectivity index (χ1v) is 10.3. The zero-order valence-corrected chi connectivity index (χ0v) is 16.5. The van der Waals surface area contributed by atoms with Crippen molar-refractivity contribution in [3.05, 3.63) is 29.8 Å².